The van der Waals surface area contributed by atoms with Crippen LogP contribution < -0.4 is 5.32 Å². The second-order valence-electron chi connectivity index (χ2n) is 7.55. The number of amides is 1. The molecule has 0 aromatic heterocycles. The predicted molar refractivity (Wildman–Crippen MR) is 99.7 cm³/mol. The zero-order valence-corrected chi connectivity index (χ0v) is 16.2. The summed E-state index contributed by atoms with van der Waals surface area (Å²) in [6, 6.07) is 0.682. The molecular formula is C17H33Cl2N3O. The number of nitrogens with zero attached hydrogens (tertiary/aromatic N) is 2. The van der Waals surface area contributed by atoms with Gasteiger partial charge in [-0.1, -0.05) is 6.42 Å². The van der Waals surface area contributed by atoms with Crippen molar-refractivity contribution in [2.45, 2.75) is 51.0 Å². The summed E-state index contributed by atoms with van der Waals surface area (Å²) in [5.41, 5.74) is 0.373. The van der Waals surface area contributed by atoms with Gasteiger partial charge in [0.1, 0.15) is 0 Å². The lowest BCUT2D eigenvalue weighted by atomic mass is 9.91. The molecule has 0 aromatic carbocycles. The number of halogens is 2. The van der Waals surface area contributed by atoms with E-state index in [1.54, 1.807) is 0 Å². The van der Waals surface area contributed by atoms with Crippen LogP contribution in [0.4, 0.5) is 0 Å². The molecule has 0 radical (unpaired) electrons. The van der Waals surface area contributed by atoms with Crippen LogP contribution in [0.3, 0.4) is 0 Å². The molecule has 0 aromatic rings. The zero-order chi connectivity index (χ0) is 14.9. The Kier molecular flexibility index (Phi) is 8.12. The third kappa shape index (κ3) is 4.75. The number of hydrogen-bond donors (Lipinski definition) is 1. The van der Waals surface area contributed by atoms with Gasteiger partial charge < -0.3 is 15.1 Å². The summed E-state index contributed by atoms with van der Waals surface area (Å²) in [5.74, 6) is 0.740. The van der Waals surface area contributed by atoms with Crippen molar-refractivity contribution in [3.63, 3.8) is 0 Å². The Balaban J connectivity index is 0.00000132. The van der Waals surface area contributed by atoms with Crippen molar-refractivity contribution in [2.24, 2.45) is 11.3 Å². The van der Waals surface area contributed by atoms with E-state index in [1.165, 1.54) is 38.6 Å². The SMILES string of the molecule is CN(CCC1CCCCN1C)C(=O)C1CC12CCNCC2.Cl.Cl. The summed E-state index contributed by atoms with van der Waals surface area (Å²) in [7, 11) is 4.24. The van der Waals surface area contributed by atoms with E-state index in [-0.39, 0.29) is 24.8 Å². The Bertz CT molecular complexity index is 388. The van der Waals surface area contributed by atoms with E-state index in [4.69, 9.17) is 0 Å². The maximum atomic E-state index is 12.6. The Labute approximate surface area is 153 Å². The van der Waals surface area contributed by atoms with Gasteiger partial charge in [-0.25, -0.2) is 0 Å². The van der Waals surface area contributed by atoms with Gasteiger partial charge in [0.15, 0.2) is 0 Å². The quantitative estimate of drug-likeness (QED) is 0.831. The smallest absolute Gasteiger partial charge is 0.226 e. The number of carbonyl (C=O) groups excluding carboxylic acids is 1. The first kappa shape index (κ1) is 21.0. The average molecular weight is 366 g/mol. The van der Waals surface area contributed by atoms with Gasteiger partial charge in [0.25, 0.3) is 0 Å². The lowest BCUT2D eigenvalue weighted by Crippen LogP contribution is -2.40. The second-order valence-corrected chi connectivity index (χ2v) is 7.55. The van der Waals surface area contributed by atoms with Crippen molar-refractivity contribution in [1.82, 2.24) is 15.1 Å². The molecule has 0 bridgehead atoms. The van der Waals surface area contributed by atoms with E-state index in [2.05, 4.69) is 17.3 Å². The molecule has 1 spiro atoms. The third-order valence-electron chi connectivity index (χ3n) is 6.18. The van der Waals surface area contributed by atoms with Gasteiger partial charge in [-0.2, -0.15) is 0 Å². The molecule has 3 aliphatic rings. The normalized spacial score (nSPS) is 29.3. The van der Waals surface area contributed by atoms with Crippen LogP contribution in [0.1, 0.15) is 44.9 Å². The van der Waals surface area contributed by atoms with Crippen LogP contribution in [0.2, 0.25) is 0 Å². The number of hydrogen-bond acceptors (Lipinski definition) is 3. The van der Waals surface area contributed by atoms with Gasteiger partial charge in [-0.15, -0.1) is 24.8 Å². The molecule has 1 N–H and O–H groups in total. The van der Waals surface area contributed by atoms with Crippen molar-refractivity contribution in [3.05, 3.63) is 0 Å². The van der Waals surface area contributed by atoms with E-state index in [0.29, 0.717) is 23.3 Å². The highest BCUT2D eigenvalue weighted by Gasteiger charge is 2.58. The van der Waals surface area contributed by atoms with Gasteiger partial charge in [-0.3, -0.25) is 4.79 Å². The number of rotatable bonds is 4. The monoisotopic (exact) mass is 365 g/mol. The molecule has 3 fully saturated rings. The van der Waals surface area contributed by atoms with E-state index in [0.717, 1.165) is 32.5 Å². The highest BCUT2D eigenvalue weighted by Crippen LogP contribution is 2.59. The van der Waals surface area contributed by atoms with Crippen molar-refractivity contribution in [2.75, 3.05) is 40.3 Å². The summed E-state index contributed by atoms with van der Waals surface area (Å²) >= 11 is 0. The van der Waals surface area contributed by atoms with Gasteiger partial charge in [0.05, 0.1) is 0 Å². The molecule has 136 valence electrons. The zero-order valence-electron chi connectivity index (χ0n) is 14.6. The van der Waals surface area contributed by atoms with Gasteiger partial charge in [0.2, 0.25) is 5.91 Å². The number of piperidine rings is 2. The van der Waals surface area contributed by atoms with Gasteiger partial charge in [0, 0.05) is 25.6 Å². The number of carbonyl (C=O) groups is 1. The minimum absolute atomic E-state index is 0. The van der Waals surface area contributed by atoms with Crippen LogP contribution in [-0.4, -0.2) is 62.0 Å². The van der Waals surface area contributed by atoms with E-state index < -0.39 is 0 Å². The van der Waals surface area contributed by atoms with Gasteiger partial charge >= 0.3 is 0 Å². The molecule has 2 heterocycles. The third-order valence-corrected chi connectivity index (χ3v) is 6.18. The molecule has 1 saturated carbocycles. The van der Waals surface area contributed by atoms with Crippen LogP contribution in [0.15, 0.2) is 0 Å². The van der Waals surface area contributed by atoms with E-state index in [1.807, 2.05) is 11.9 Å². The number of likely N-dealkylation sites (tertiary alicyclic amines) is 1. The molecule has 6 heteroatoms. The molecule has 23 heavy (non-hydrogen) atoms. The summed E-state index contributed by atoms with van der Waals surface area (Å²) < 4.78 is 0. The summed E-state index contributed by atoms with van der Waals surface area (Å²) in [6.07, 6.45) is 8.66. The van der Waals surface area contributed by atoms with E-state index >= 15 is 0 Å². The van der Waals surface area contributed by atoms with Crippen LogP contribution in [0.25, 0.3) is 0 Å². The Morgan fingerprint density at radius 1 is 1.26 bits per heavy atom. The first-order chi connectivity index (χ1) is 10.1. The average Bonchev–Trinajstić information content (AvgIpc) is 3.19. The van der Waals surface area contributed by atoms with Crippen molar-refractivity contribution < 1.29 is 4.79 Å². The van der Waals surface area contributed by atoms with Gasteiger partial charge in [-0.05, 0) is 70.6 Å². The van der Waals surface area contributed by atoms with Crippen LogP contribution >= 0.6 is 24.8 Å². The van der Waals surface area contributed by atoms with Crippen molar-refractivity contribution in [1.29, 1.82) is 0 Å². The molecule has 2 aliphatic heterocycles. The predicted octanol–water partition coefficient (Wildman–Crippen LogP) is 2.55. The van der Waals surface area contributed by atoms with Crippen LogP contribution in [-0.2, 0) is 4.79 Å². The highest BCUT2D eigenvalue weighted by molar-refractivity contribution is 5.85. The van der Waals surface area contributed by atoms with E-state index in [9.17, 15) is 4.79 Å². The largest absolute Gasteiger partial charge is 0.345 e. The maximum absolute atomic E-state index is 12.6. The maximum Gasteiger partial charge on any atom is 0.226 e. The topological polar surface area (TPSA) is 35.6 Å². The first-order valence-corrected chi connectivity index (χ1v) is 8.78. The standard InChI is InChI=1S/C17H31N3O.2ClH/c1-19-11-4-3-5-14(19)6-12-20(2)16(21)15-13-17(15)7-9-18-10-8-17;;/h14-15,18H,3-13H2,1-2H3;2*1H. The summed E-state index contributed by atoms with van der Waals surface area (Å²) in [6.45, 7) is 4.35. The van der Waals surface area contributed by atoms with Crippen LogP contribution in [0.5, 0.6) is 0 Å². The molecule has 2 unspecified atom stereocenters. The minimum Gasteiger partial charge on any atom is -0.345 e. The molecule has 4 nitrogen and oxygen atoms in total. The van der Waals surface area contributed by atoms with Crippen LogP contribution in [0, 0.1) is 11.3 Å². The highest BCUT2D eigenvalue weighted by atomic mass is 35.5. The first-order valence-electron chi connectivity index (χ1n) is 8.78. The summed E-state index contributed by atoms with van der Waals surface area (Å²) in [5, 5.41) is 3.41. The molecule has 2 atom stereocenters. The fourth-order valence-electron chi connectivity index (χ4n) is 4.40. The molecule has 1 amide bonds. The minimum atomic E-state index is 0. The molecule has 3 rings (SSSR count). The van der Waals surface area contributed by atoms with Crippen molar-refractivity contribution >= 4 is 30.7 Å². The molecule has 1 aliphatic carbocycles. The Morgan fingerprint density at radius 3 is 2.61 bits per heavy atom. The number of nitrogens with one attached hydrogen (secondary N) is 1. The second kappa shape index (κ2) is 8.89. The Morgan fingerprint density at radius 2 is 1.96 bits per heavy atom. The van der Waals surface area contributed by atoms with Crippen molar-refractivity contribution in [3.8, 4) is 0 Å². The molecule has 2 saturated heterocycles. The summed E-state index contributed by atoms with van der Waals surface area (Å²) in [4.78, 5) is 17.1. The lowest BCUT2D eigenvalue weighted by Gasteiger charge is -2.33. The molecular weight excluding hydrogens is 333 g/mol. The fraction of sp³-hybridized carbons (Fsp3) is 0.941. The fourth-order valence-corrected chi connectivity index (χ4v) is 4.40. The Hall–Kier alpha value is -0.0300. The lowest BCUT2D eigenvalue weighted by molar-refractivity contribution is -0.132.